The summed E-state index contributed by atoms with van der Waals surface area (Å²) in [5.74, 6) is 0.618. The Bertz CT molecular complexity index is 4070. The molecule has 0 aliphatic carbocycles. The van der Waals surface area contributed by atoms with Crippen LogP contribution in [0.15, 0.2) is 129 Å². The molecular formula is C69H86B2ClK6N19O5. The van der Waals surface area contributed by atoms with Gasteiger partial charge in [0.25, 0.3) is 14.8 Å². The van der Waals surface area contributed by atoms with Crippen molar-refractivity contribution in [1.82, 2.24) is 74.2 Å². The molecule has 6 aromatic heterocycles. The van der Waals surface area contributed by atoms with Crippen LogP contribution in [0, 0.1) is 20.8 Å². The third-order valence-corrected chi connectivity index (χ3v) is 16.7. The van der Waals surface area contributed by atoms with Crippen molar-refractivity contribution >= 4 is 252 Å². The minimum absolute atomic E-state index is 0. The van der Waals surface area contributed by atoms with Gasteiger partial charge in [0.1, 0.15) is 11.6 Å². The van der Waals surface area contributed by atoms with Gasteiger partial charge in [0, 0.05) is 106 Å². The van der Waals surface area contributed by atoms with Gasteiger partial charge in [-0.25, -0.2) is 29.9 Å². The normalized spacial score (nSPS) is 13.0. The molecule has 33 heteroatoms. The Morgan fingerprint density at radius 3 is 1.16 bits per heavy atom. The standard InChI is InChI=1S/C23H26BN6O2.C22H26N6O.C15H16ClN3O.C7H10BN4O.2CH4.6K/c1-16-10-26-23(8-17-11-27-30(12-17)20-13-29(14-20)24-15-31)28-21(16)7-6-18-4-2-3-5-19(18)9-22(25)32;1-15-10-25-22(8-16-11-26-28(14-16)19-12-24-13-19)27-20(15)7-6-17-4-2-3-5-18(17)9-21(23)29;1-10-9-18-15(16)19-13(10)7-6-11-4-2-3-5-12(11)8-14(17)20;9-6-1-10-12(2-6)7-3-11(4-7)8-5-13;;;;;;;;/h2-5,10-12,15,20H,6-9,13-14H2,1H3,(H2,25,32);2-5,10-11,14,19,24H,6-9,12-13H2,1H3,(H2,23,29);2-5,9H,6-8H2,1H3,(H2,17,20);1-2,5,7H,3-4,9H2;2*1H4;;;;;;. The molecule has 0 spiro atoms. The van der Waals surface area contributed by atoms with Crippen LogP contribution in [0.3, 0.4) is 0 Å². The number of primary amides is 3. The predicted molar refractivity (Wildman–Crippen MR) is 408 cm³/mol. The third kappa shape index (κ3) is 32.5. The Hall–Kier alpha value is 0.198. The number of hydrogen-bond donors (Lipinski definition) is 5. The van der Waals surface area contributed by atoms with Gasteiger partial charge in [-0.05, 0) is 132 Å². The first-order valence-electron chi connectivity index (χ1n) is 34.2. The Balaban J connectivity index is 0.000000290. The Morgan fingerprint density at radius 2 is 0.824 bits per heavy atom. The second-order valence-electron chi connectivity index (χ2n) is 23.7. The van der Waals surface area contributed by atoms with Crippen molar-refractivity contribution in [2.75, 3.05) is 45.0 Å². The van der Waals surface area contributed by atoms with Crippen LogP contribution in [0.2, 0.25) is 5.28 Å². The zero-order chi connectivity index (χ0) is 72.5. The molecule has 0 unspecified atom stereocenters. The number of nitrogens with two attached hydrogens (primary N) is 4. The number of nitrogens with zero attached hydrogens (tertiary/aromatic N) is 14. The van der Waals surface area contributed by atoms with E-state index in [2.05, 4.69) is 52.8 Å². The molecule has 3 aliphatic rings. The number of aryl methyl sites for hydroxylation is 9. The molecule has 102 heavy (non-hydrogen) atoms. The van der Waals surface area contributed by atoms with Crippen LogP contribution in [0.4, 0.5) is 5.69 Å². The summed E-state index contributed by atoms with van der Waals surface area (Å²) in [6.45, 7) is 11.2. The van der Waals surface area contributed by atoms with Crippen molar-refractivity contribution in [2.24, 2.45) is 17.2 Å². The number of nitrogen functional groups attached to an aromatic ring is 1. The Labute approximate surface area is 742 Å². The van der Waals surface area contributed by atoms with E-state index in [1.54, 1.807) is 27.2 Å². The SMILES string of the molecule is C.C.Cc1cnc(Cc2cnn(C3CN([B]C=O)C3)c2)nc1CCc1ccccc1CC(N)=O.Cc1cnc(Cc2cnn(C3CNC3)c2)nc1CCc1ccccc1CC(N)=O.Cc1cnc(Cl)nc1CCc1ccccc1CC(N)=O.Nc1cnn(C2CN([B]C=O)C2)c1.[K][K].[K][K].[K][K]. The fourth-order valence-electron chi connectivity index (χ4n) is 11.1. The molecule has 3 aromatic carbocycles. The molecule has 506 valence electrons. The van der Waals surface area contributed by atoms with Gasteiger partial charge in [0.15, 0.2) is 0 Å². The fourth-order valence-corrected chi connectivity index (χ4v) is 11.3. The first kappa shape index (κ1) is 94.6. The summed E-state index contributed by atoms with van der Waals surface area (Å²) in [5, 5.41) is 16.6. The number of anilines is 1. The van der Waals surface area contributed by atoms with Gasteiger partial charge < -0.3 is 47.5 Å². The summed E-state index contributed by atoms with van der Waals surface area (Å²) in [7, 11) is 3.11. The number of carbonyl (C=O) groups excluding carboxylic acids is 5. The molecule has 3 aliphatic heterocycles. The van der Waals surface area contributed by atoms with E-state index in [1.807, 2.05) is 148 Å². The average Bonchev–Trinajstić information content (AvgIpc) is 1.63. The van der Waals surface area contributed by atoms with Crippen molar-refractivity contribution in [3.05, 3.63) is 224 Å². The van der Waals surface area contributed by atoms with Gasteiger partial charge in [-0.3, -0.25) is 28.4 Å². The van der Waals surface area contributed by atoms with Gasteiger partial charge in [-0.15, -0.1) is 0 Å². The van der Waals surface area contributed by atoms with E-state index in [-0.39, 0.29) is 63.2 Å². The van der Waals surface area contributed by atoms with Crippen LogP contribution in [0.5, 0.6) is 0 Å². The Morgan fingerprint density at radius 1 is 0.490 bits per heavy atom. The quantitative estimate of drug-likeness (QED) is 0.0296. The number of rotatable bonds is 26. The van der Waals surface area contributed by atoms with Crippen LogP contribution in [0.1, 0.15) is 123 Å². The molecule has 0 atom stereocenters. The maximum atomic E-state index is 11.4. The van der Waals surface area contributed by atoms with Crippen molar-refractivity contribution in [3.63, 3.8) is 0 Å². The number of hydrogen-bond acceptors (Lipinski definition) is 18. The van der Waals surface area contributed by atoms with E-state index < -0.39 is 0 Å². The molecule has 0 saturated carbocycles. The van der Waals surface area contributed by atoms with Crippen molar-refractivity contribution in [3.8, 4) is 0 Å². The second kappa shape index (κ2) is 52.4. The van der Waals surface area contributed by atoms with Crippen molar-refractivity contribution < 1.29 is 24.0 Å². The molecule has 12 rings (SSSR count). The zero-order valence-electron chi connectivity index (χ0n) is 59.2. The van der Waals surface area contributed by atoms with Gasteiger partial charge in [0.05, 0.1) is 74.0 Å². The van der Waals surface area contributed by atoms with Gasteiger partial charge in [-0.1, -0.05) is 87.6 Å². The molecule has 2 radical (unpaired) electrons. The van der Waals surface area contributed by atoms with E-state index in [9.17, 15) is 24.0 Å². The number of aromatic nitrogens is 12. The van der Waals surface area contributed by atoms with Crippen LogP contribution >= 0.6 is 11.6 Å². The van der Waals surface area contributed by atoms with Crippen LogP contribution < -0.4 is 28.3 Å². The number of benzene rings is 3. The van der Waals surface area contributed by atoms with Crippen molar-refractivity contribution in [2.45, 2.75) is 124 Å². The zero-order valence-corrected chi connectivity index (χ0v) is 78.7. The van der Waals surface area contributed by atoms with Crippen LogP contribution in [-0.4, -0.2) is 343 Å². The van der Waals surface area contributed by atoms with E-state index in [1.165, 1.54) is 189 Å². The van der Waals surface area contributed by atoms with Gasteiger partial charge in [-0.2, -0.15) is 15.3 Å². The molecule has 9 N–H and O–H groups in total. The molecule has 9 heterocycles. The molecule has 0 bridgehead atoms. The third-order valence-electron chi connectivity index (χ3n) is 16.5. The number of nitrogens with one attached hydrogen (secondary N) is 1. The molecule has 9 aromatic rings. The first-order valence-corrected chi connectivity index (χ1v) is 82.6. The molecule has 3 fully saturated rings. The summed E-state index contributed by atoms with van der Waals surface area (Å²) in [4.78, 5) is 85.2. The van der Waals surface area contributed by atoms with E-state index in [0.29, 0.717) is 30.6 Å². The van der Waals surface area contributed by atoms with E-state index in [4.69, 9.17) is 44.5 Å². The number of amides is 3. The van der Waals surface area contributed by atoms with Gasteiger partial charge >= 0.3 is 189 Å². The Kier molecular flexibility index (Phi) is 48.6. The van der Waals surface area contributed by atoms with Crippen molar-refractivity contribution in [1.29, 1.82) is 0 Å². The average molecular weight is 1550 g/mol. The summed E-state index contributed by atoms with van der Waals surface area (Å²) in [5.41, 5.74) is 36.9. The van der Waals surface area contributed by atoms with E-state index >= 15 is 0 Å². The van der Waals surface area contributed by atoms with Crippen LogP contribution in [-0.2, 0) is 94.6 Å². The molecular weight excluding hydrogens is 1470 g/mol. The topological polar surface area (TPSA) is 339 Å². The second-order valence-corrected chi connectivity index (χ2v) is 24.0. The van der Waals surface area contributed by atoms with E-state index in [0.717, 1.165) is 180 Å². The summed E-state index contributed by atoms with van der Waals surface area (Å²) < 4.78 is 5.82. The first-order chi connectivity index (χ1) is 48.4. The van der Waals surface area contributed by atoms with Gasteiger partial charge in [0.2, 0.25) is 23.0 Å². The summed E-state index contributed by atoms with van der Waals surface area (Å²) >= 11 is 13.3. The summed E-state index contributed by atoms with van der Waals surface area (Å²) in [6.07, 6.45) is 25.2. The van der Waals surface area contributed by atoms with Crippen LogP contribution in [0.25, 0.3) is 0 Å². The fraction of sp³-hybridized carbons (Fsp3) is 0.362. The molecule has 24 nitrogen and oxygen atoms in total. The predicted octanol–water partition coefficient (Wildman–Crippen LogP) is 2.95. The monoisotopic (exact) mass is 1550 g/mol. The number of halogens is 1. The molecule has 3 amide bonds. The number of carbonyl (C=O) groups is 5. The maximum absolute atomic E-state index is 11.4. The summed E-state index contributed by atoms with van der Waals surface area (Å²) in [6, 6.07) is 24.8. The minimum atomic E-state index is -0.324. The molecule has 3 saturated heterocycles.